The third kappa shape index (κ3) is 4.26. The van der Waals surface area contributed by atoms with E-state index in [1.165, 1.54) is 48.5 Å². The number of carboxylic acid groups (broad SMARTS) is 1. The van der Waals surface area contributed by atoms with E-state index in [-0.39, 0.29) is 53.4 Å². The van der Waals surface area contributed by atoms with Crippen LogP contribution in [0.15, 0.2) is 78.4 Å². The van der Waals surface area contributed by atoms with Crippen molar-refractivity contribution in [1.29, 1.82) is 0 Å². The molecule has 48 heavy (non-hydrogen) atoms. The number of carbonyl (C=O) groups excluding carboxylic acids is 4. The van der Waals surface area contributed by atoms with E-state index in [0.29, 0.717) is 5.57 Å². The van der Waals surface area contributed by atoms with Gasteiger partial charge >= 0.3 is 5.97 Å². The van der Waals surface area contributed by atoms with Crippen molar-refractivity contribution < 1.29 is 43.3 Å². The molecule has 2 N–H and O–H groups in total. The quantitative estimate of drug-likeness (QED) is 0.199. The Balaban J connectivity index is 1.40. The summed E-state index contributed by atoms with van der Waals surface area (Å²) in [6, 6.07) is 14.8. The number of benzene rings is 3. The van der Waals surface area contributed by atoms with Crippen LogP contribution in [0.25, 0.3) is 0 Å². The fraction of sp³-hybridized carbons (Fsp3) is 0.286. The lowest BCUT2D eigenvalue weighted by atomic mass is 9.56. The molecule has 2 aliphatic carbocycles. The molecule has 3 fully saturated rings. The van der Waals surface area contributed by atoms with Crippen molar-refractivity contribution in [3.05, 3.63) is 95.3 Å². The number of aromatic hydroxyl groups is 1. The lowest BCUT2D eigenvalue weighted by Gasteiger charge is -2.50. The number of carboxylic acids is 1. The Morgan fingerprint density at radius 2 is 1.65 bits per heavy atom. The molecule has 0 unspecified atom stereocenters. The van der Waals surface area contributed by atoms with Crippen LogP contribution in [-0.2, 0) is 19.2 Å². The minimum atomic E-state index is -2.24. The molecule has 2 heterocycles. The summed E-state index contributed by atoms with van der Waals surface area (Å²) in [5.41, 5.74) is 0.554. The van der Waals surface area contributed by atoms with Gasteiger partial charge in [0.05, 0.1) is 35.4 Å². The van der Waals surface area contributed by atoms with E-state index in [4.69, 9.17) is 27.9 Å². The fourth-order valence-electron chi connectivity index (χ4n) is 7.82. The maximum Gasteiger partial charge on any atom is 0.335 e. The Morgan fingerprint density at radius 1 is 0.938 bits per heavy atom. The number of nitrogens with zero attached hydrogens (tertiary/aromatic N) is 2. The summed E-state index contributed by atoms with van der Waals surface area (Å²) in [6.45, 7) is 1.92. The zero-order valence-electron chi connectivity index (χ0n) is 25.2. The van der Waals surface area contributed by atoms with E-state index in [1.54, 1.807) is 19.1 Å². The number of phenols is 1. The third-order valence-electron chi connectivity index (χ3n) is 9.89. The number of allylic oxidation sites excluding steroid dienone is 2. The Kier molecular flexibility index (Phi) is 7.41. The van der Waals surface area contributed by atoms with Crippen molar-refractivity contribution in [3.8, 4) is 11.5 Å². The number of rotatable bonds is 6. The van der Waals surface area contributed by atoms with E-state index in [0.717, 1.165) is 21.9 Å². The second-order valence-corrected chi connectivity index (χ2v) is 13.5. The summed E-state index contributed by atoms with van der Waals surface area (Å²) in [4.78, 5) is 65.9. The lowest BCUT2D eigenvalue weighted by Crippen LogP contribution is -2.60. The average Bonchev–Trinajstić information content (AvgIpc) is 3.40. The highest BCUT2D eigenvalue weighted by molar-refractivity contribution is 6.58. The number of para-hydroxylation sites is 1. The van der Waals surface area contributed by atoms with E-state index in [1.807, 2.05) is 0 Å². The van der Waals surface area contributed by atoms with Crippen molar-refractivity contribution in [2.75, 3.05) is 16.4 Å². The summed E-state index contributed by atoms with van der Waals surface area (Å²) in [7, 11) is 0. The van der Waals surface area contributed by atoms with Gasteiger partial charge in [-0.3, -0.25) is 24.1 Å². The number of fused-ring (bicyclic) bond motifs is 4. The molecule has 6 atom stereocenters. The molecule has 1 saturated carbocycles. The molecule has 10 nitrogen and oxygen atoms in total. The molecule has 0 aromatic heterocycles. The first-order valence-electron chi connectivity index (χ1n) is 15.2. The SMILES string of the molecule is CCOc1cccc([C@H]2C3=CC[C@@H]4C(=O)N(c5cccc(C(=O)O)c5)C(=O)[C@@H]4[C@@H]3C[C@@]3(Cl)C(=O)N(c4ccc(F)cc4)C(=O)[C@@]23Cl)c1O. The van der Waals surface area contributed by atoms with Crippen molar-refractivity contribution in [2.45, 2.75) is 35.4 Å². The van der Waals surface area contributed by atoms with Gasteiger partial charge in [0.2, 0.25) is 11.8 Å². The maximum absolute atomic E-state index is 14.5. The first kappa shape index (κ1) is 31.8. The molecule has 3 aromatic rings. The number of anilines is 2. The Morgan fingerprint density at radius 3 is 2.33 bits per heavy atom. The fourth-order valence-corrected chi connectivity index (χ4v) is 8.75. The monoisotopic (exact) mass is 692 g/mol. The molecule has 4 amide bonds. The molecule has 0 radical (unpaired) electrons. The van der Waals surface area contributed by atoms with Crippen molar-refractivity contribution in [3.63, 3.8) is 0 Å². The average molecular weight is 694 g/mol. The molecule has 0 spiro atoms. The summed E-state index contributed by atoms with van der Waals surface area (Å²) in [5.74, 6) is -9.15. The van der Waals surface area contributed by atoms with Gasteiger partial charge in [0, 0.05) is 11.5 Å². The van der Waals surface area contributed by atoms with Crippen LogP contribution in [0.5, 0.6) is 11.5 Å². The number of hydrogen-bond donors (Lipinski definition) is 2. The second kappa shape index (κ2) is 11.2. The molecular formula is C35H27Cl2FN2O8. The number of phenolic OH excluding ortho intramolecular Hbond substituents is 1. The number of hydrogen-bond acceptors (Lipinski definition) is 7. The largest absolute Gasteiger partial charge is 0.504 e. The lowest BCUT2D eigenvalue weighted by molar-refractivity contribution is -0.125. The van der Waals surface area contributed by atoms with Crippen molar-refractivity contribution in [1.82, 2.24) is 0 Å². The summed E-state index contributed by atoms with van der Waals surface area (Å²) >= 11 is 14.7. The molecule has 4 aliphatic rings. The minimum absolute atomic E-state index is 0.0262. The van der Waals surface area contributed by atoms with E-state index < -0.39 is 68.8 Å². The van der Waals surface area contributed by atoms with Gasteiger partial charge in [0.15, 0.2) is 21.2 Å². The first-order chi connectivity index (χ1) is 22.8. The third-order valence-corrected chi connectivity index (χ3v) is 11.3. The summed E-state index contributed by atoms with van der Waals surface area (Å²) in [6.07, 6.45) is 1.45. The van der Waals surface area contributed by atoms with Gasteiger partial charge in [-0.05, 0) is 74.2 Å². The molecular weight excluding hydrogens is 666 g/mol. The maximum atomic E-state index is 14.5. The number of amides is 4. The Hall–Kier alpha value is -4.74. The van der Waals surface area contributed by atoms with E-state index >= 15 is 0 Å². The topological polar surface area (TPSA) is 142 Å². The highest BCUT2D eigenvalue weighted by Gasteiger charge is 2.77. The number of ether oxygens (including phenoxy) is 1. The smallest absolute Gasteiger partial charge is 0.335 e. The van der Waals surface area contributed by atoms with Crippen LogP contribution in [0, 0.1) is 23.6 Å². The minimum Gasteiger partial charge on any atom is -0.504 e. The van der Waals surface area contributed by atoms with Crippen molar-refractivity contribution in [2.24, 2.45) is 17.8 Å². The van der Waals surface area contributed by atoms with Gasteiger partial charge < -0.3 is 14.9 Å². The number of aromatic carboxylic acids is 1. The van der Waals surface area contributed by atoms with Crippen LogP contribution >= 0.6 is 23.2 Å². The van der Waals surface area contributed by atoms with Gasteiger partial charge in [0.1, 0.15) is 5.82 Å². The first-order valence-corrected chi connectivity index (χ1v) is 16.0. The van der Waals surface area contributed by atoms with Gasteiger partial charge in [-0.1, -0.05) is 29.8 Å². The van der Waals surface area contributed by atoms with Crippen LogP contribution in [0.2, 0.25) is 0 Å². The predicted octanol–water partition coefficient (Wildman–Crippen LogP) is 5.40. The standard InChI is InChI=1S/C35H27Cl2FN2O8/c1-2-48-25-8-4-7-23(28(25)41)27-21-13-14-22-26(30(43)39(29(22)42)20-6-3-5-17(15-20)31(44)45)24(21)16-34(36)32(46)40(33(47)35(27,34)37)19-11-9-18(38)10-12-19/h3-13,15,22,24,26-27,41H,2,14,16H2,1H3,(H,44,45)/t22-,24+,26-,27+,34+,35-/m0/s1. The zero-order valence-corrected chi connectivity index (χ0v) is 26.7. The van der Waals surface area contributed by atoms with Crippen LogP contribution in [-0.4, -0.2) is 56.2 Å². The Bertz CT molecular complexity index is 1970. The predicted molar refractivity (Wildman–Crippen MR) is 172 cm³/mol. The molecule has 13 heteroatoms. The highest BCUT2D eigenvalue weighted by atomic mass is 35.5. The van der Waals surface area contributed by atoms with Crippen molar-refractivity contribution >= 4 is 64.2 Å². The highest BCUT2D eigenvalue weighted by Crippen LogP contribution is 2.66. The van der Waals surface area contributed by atoms with E-state index in [2.05, 4.69) is 0 Å². The second-order valence-electron chi connectivity index (χ2n) is 12.2. The summed E-state index contributed by atoms with van der Waals surface area (Å²) < 4.78 is 19.5. The van der Waals surface area contributed by atoms with Gasteiger partial charge in [0.25, 0.3) is 11.8 Å². The number of imide groups is 2. The number of halogens is 3. The molecule has 7 rings (SSSR count). The molecule has 0 bridgehead atoms. The number of carbonyl (C=O) groups is 5. The zero-order chi connectivity index (χ0) is 34.3. The number of alkyl halides is 2. The van der Waals surface area contributed by atoms with Gasteiger partial charge in [-0.15, -0.1) is 23.2 Å². The Labute approximate surface area is 283 Å². The molecule has 246 valence electrons. The molecule has 3 aromatic carbocycles. The van der Waals surface area contributed by atoms with Crippen LogP contribution in [0.3, 0.4) is 0 Å². The van der Waals surface area contributed by atoms with Crippen LogP contribution in [0.1, 0.15) is 41.6 Å². The molecule has 2 saturated heterocycles. The summed E-state index contributed by atoms with van der Waals surface area (Å²) in [5, 5.41) is 21.0. The molecule has 2 aliphatic heterocycles. The van der Waals surface area contributed by atoms with Gasteiger partial charge in [-0.25, -0.2) is 14.1 Å². The van der Waals surface area contributed by atoms with Crippen LogP contribution < -0.4 is 14.5 Å². The normalized spacial score (nSPS) is 29.4. The van der Waals surface area contributed by atoms with Crippen LogP contribution in [0.4, 0.5) is 15.8 Å². The van der Waals surface area contributed by atoms with Gasteiger partial charge in [-0.2, -0.15) is 0 Å². The van der Waals surface area contributed by atoms with E-state index in [9.17, 15) is 38.6 Å².